The molecule has 0 aliphatic carbocycles. The smallest absolute Gasteiger partial charge is 0.191 e. The minimum Gasteiger partial charge on any atom is -0.496 e. The maximum Gasteiger partial charge on any atom is 0.191 e. The van der Waals surface area contributed by atoms with E-state index in [1.54, 1.807) is 13.3 Å². The third kappa shape index (κ3) is 6.63. The molecule has 0 saturated carbocycles. The van der Waals surface area contributed by atoms with Crippen LogP contribution in [-0.4, -0.2) is 37.7 Å². The molecular weight excluding hydrogens is 336 g/mol. The highest BCUT2D eigenvalue weighted by molar-refractivity contribution is 6.29. The van der Waals surface area contributed by atoms with E-state index in [-0.39, 0.29) is 0 Å². The average Bonchev–Trinajstić information content (AvgIpc) is 2.64. The van der Waals surface area contributed by atoms with E-state index in [2.05, 4.69) is 33.6 Å². The molecule has 1 aromatic carbocycles. The molecule has 0 bridgehead atoms. The summed E-state index contributed by atoms with van der Waals surface area (Å²) in [6, 6.07) is 11.8. The predicted molar refractivity (Wildman–Crippen MR) is 104 cm³/mol. The number of nitrogens with one attached hydrogen (secondary N) is 2. The van der Waals surface area contributed by atoms with Gasteiger partial charge in [0.15, 0.2) is 5.96 Å². The van der Waals surface area contributed by atoms with Gasteiger partial charge >= 0.3 is 0 Å². The Bertz CT molecular complexity index is 673. The second-order valence-corrected chi connectivity index (χ2v) is 5.88. The fourth-order valence-electron chi connectivity index (χ4n) is 2.42. The van der Waals surface area contributed by atoms with Gasteiger partial charge in [0.1, 0.15) is 10.9 Å². The molecule has 0 aliphatic heterocycles. The third-order valence-electron chi connectivity index (χ3n) is 3.68. The van der Waals surface area contributed by atoms with E-state index in [4.69, 9.17) is 16.3 Å². The zero-order chi connectivity index (χ0) is 17.9. The van der Waals surface area contributed by atoms with Gasteiger partial charge in [-0.1, -0.05) is 35.9 Å². The number of methoxy groups -OCH3 is 1. The van der Waals surface area contributed by atoms with E-state index in [9.17, 15) is 0 Å². The fraction of sp³-hybridized carbons (Fsp3) is 0.368. The fourth-order valence-corrected chi connectivity index (χ4v) is 2.53. The maximum atomic E-state index is 5.80. The summed E-state index contributed by atoms with van der Waals surface area (Å²) in [4.78, 5) is 8.72. The Morgan fingerprint density at radius 2 is 2.00 bits per heavy atom. The SMILES string of the molecule is CCNC(=NCCc1ccccc1OC)NCCc1ccc(Cl)nc1. The Labute approximate surface area is 154 Å². The van der Waals surface area contributed by atoms with Crippen molar-refractivity contribution in [3.63, 3.8) is 0 Å². The minimum absolute atomic E-state index is 0.517. The van der Waals surface area contributed by atoms with Crippen molar-refractivity contribution >= 4 is 17.6 Å². The topological polar surface area (TPSA) is 58.5 Å². The van der Waals surface area contributed by atoms with Gasteiger partial charge in [-0.2, -0.15) is 0 Å². The van der Waals surface area contributed by atoms with E-state index < -0.39 is 0 Å². The van der Waals surface area contributed by atoms with Crippen molar-refractivity contribution in [2.24, 2.45) is 4.99 Å². The first-order chi connectivity index (χ1) is 12.2. The zero-order valence-corrected chi connectivity index (χ0v) is 15.5. The van der Waals surface area contributed by atoms with Crippen molar-refractivity contribution in [2.45, 2.75) is 19.8 Å². The molecule has 5 nitrogen and oxygen atoms in total. The average molecular weight is 361 g/mol. The van der Waals surface area contributed by atoms with Gasteiger partial charge in [-0.05, 0) is 43.0 Å². The quantitative estimate of drug-likeness (QED) is 0.431. The van der Waals surface area contributed by atoms with E-state index in [1.165, 1.54) is 0 Å². The van der Waals surface area contributed by atoms with Gasteiger partial charge in [0, 0.05) is 25.8 Å². The van der Waals surface area contributed by atoms with E-state index >= 15 is 0 Å². The van der Waals surface area contributed by atoms with E-state index in [1.807, 2.05) is 30.3 Å². The number of guanidine groups is 1. The van der Waals surface area contributed by atoms with Gasteiger partial charge in [0.05, 0.1) is 7.11 Å². The molecule has 1 heterocycles. The molecule has 6 heteroatoms. The summed E-state index contributed by atoms with van der Waals surface area (Å²) in [6.45, 7) is 4.35. The molecule has 0 saturated heterocycles. The number of halogens is 1. The number of ether oxygens (including phenoxy) is 1. The number of aromatic nitrogens is 1. The van der Waals surface area contributed by atoms with Crippen molar-refractivity contribution in [3.05, 3.63) is 58.9 Å². The van der Waals surface area contributed by atoms with Gasteiger partial charge in [0.2, 0.25) is 0 Å². The number of hydrogen-bond acceptors (Lipinski definition) is 3. The second-order valence-electron chi connectivity index (χ2n) is 5.49. The highest BCUT2D eigenvalue weighted by atomic mass is 35.5. The summed E-state index contributed by atoms with van der Waals surface area (Å²) < 4.78 is 5.38. The summed E-state index contributed by atoms with van der Waals surface area (Å²) in [5.74, 6) is 1.73. The maximum absolute atomic E-state index is 5.80. The number of para-hydroxylation sites is 1. The summed E-state index contributed by atoms with van der Waals surface area (Å²) in [5.41, 5.74) is 2.30. The van der Waals surface area contributed by atoms with Crippen LogP contribution in [0.15, 0.2) is 47.6 Å². The Morgan fingerprint density at radius 1 is 1.16 bits per heavy atom. The lowest BCUT2D eigenvalue weighted by atomic mass is 10.1. The second kappa shape index (κ2) is 10.6. The lowest BCUT2D eigenvalue weighted by Crippen LogP contribution is -2.38. The molecule has 0 atom stereocenters. The van der Waals surface area contributed by atoms with Gasteiger partial charge in [0.25, 0.3) is 0 Å². The number of pyridine rings is 1. The Hall–Kier alpha value is -2.27. The first-order valence-corrected chi connectivity index (χ1v) is 8.85. The van der Waals surface area contributed by atoms with Gasteiger partial charge in [-0.3, -0.25) is 4.99 Å². The van der Waals surface area contributed by atoms with Crippen LogP contribution in [0.3, 0.4) is 0 Å². The molecule has 0 spiro atoms. The highest BCUT2D eigenvalue weighted by Gasteiger charge is 2.02. The Morgan fingerprint density at radius 3 is 2.72 bits per heavy atom. The van der Waals surface area contributed by atoms with Crippen molar-refractivity contribution in [2.75, 3.05) is 26.7 Å². The van der Waals surface area contributed by atoms with E-state index in [0.717, 1.165) is 48.8 Å². The Kier molecular flexibility index (Phi) is 8.05. The largest absolute Gasteiger partial charge is 0.496 e. The molecule has 134 valence electrons. The molecule has 0 unspecified atom stereocenters. The minimum atomic E-state index is 0.517. The van der Waals surface area contributed by atoms with Crippen LogP contribution >= 0.6 is 11.6 Å². The summed E-state index contributed by atoms with van der Waals surface area (Å²) in [7, 11) is 1.69. The van der Waals surface area contributed by atoms with Crippen LogP contribution in [0.1, 0.15) is 18.1 Å². The molecule has 0 fully saturated rings. The van der Waals surface area contributed by atoms with Gasteiger partial charge in [-0.25, -0.2) is 4.98 Å². The first-order valence-electron chi connectivity index (χ1n) is 8.47. The number of rotatable bonds is 8. The van der Waals surface area contributed by atoms with Gasteiger partial charge < -0.3 is 15.4 Å². The van der Waals surface area contributed by atoms with Crippen LogP contribution < -0.4 is 15.4 Å². The molecule has 0 amide bonds. The highest BCUT2D eigenvalue weighted by Crippen LogP contribution is 2.17. The third-order valence-corrected chi connectivity index (χ3v) is 3.91. The number of aliphatic imine (C=N–C) groups is 1. The summed E-state index contributed by atoms with van der Waals surface area (Å²) in [6.07, 6.45) is 3.50. The van der Waals surface area contributed by atoms with Crippen molar-refractivity contribution in [3.8, 4) is 5.75 Å². The summed E-state index contributed by atoms with van der Waals surface area (Å²) in [5, 5.41) is 7.13. The molecular formula is C19H25ClN4O. The van der Waals surface area contributed by atoms with Crippen molar-refractivity contribution in [1.29, 1.82) is 0 Å². The molecule has 2 N–H and O–H groups in total. The molecule has 0 radical (unpaired) electrons. The van der Waals surface area contributed by atoms with Crippen LogP contribution in [-0.2, 0) is 12.8 Å². The van der Waals surface area contributed by atoms with Crippen molar-refractivity contribution in [1.82, 2.24) is 15.6 Å². The number of hydrogen-bond donors (Lipinski definition) is 2. The molecule has 25 heavy (non-hydrogen) atoms. The Balaban J connectivity index is 1.84. The molecule has 2 rings (SSSR count). The molecule has 0 aliphatic rings. The predicted octanol–water partition coefficient (Wildman–Crippen LogP) is 3.08. The van der Waals surface area contributed by atoms with Crippen LogP contribution in [0.5, 0.6) is 5.75 Å². The van der Waals surface area contributed by atoms with Gasteiger partial charge in [-0.15, -0.1) is 0 Å². The molecule has 1 aromatic heterocycles. The number of nitrogens with zero attached hydrogens (tertiary/aromatic N) is 2. The number of benzene rings is 1. The standard InChI is InChI=1S/C19H25ClN4O/c1-3-21-19(22-12-10-15-8-9-18(20)24-14-15)23-13-11-16-6-4-5-7-17(16)25-2/h4-9,14H,3,10-13H2,1-2H3,(H2,21,22,23). The first kappa shape index (κ1) is 19.1. The van der Waals surface area contributed by atoms with Crippen LogP contribution in [0.25, 0.3) is 0 Å². The zero-order valence-electron chi connectivity index (χ0n) is 14.8. The van der Waals surface area contributed by atoms with Crippen LogP contribution in [0.2, 0.25) is 5.15 Å². The van der Waals surface area contributed by atoms with Crippen LogP contribution in [0, 0.1) is 0 Å². The summed E-state index contributed by atoms with van der Waals surface area (Å²) >= 11 is 5.80. The lowest BCUT2D eigenvalue weighted by Gasteiger charge is -2.12. The monoisotopic (exact) mass is 360 g/mol. The lowest BCUT2D eigenvalue weighted by molar-refractivity contribution is 0.410. The van der Waals surface area contributed by atoms with Crippen molar-refractivity contribution < 1.29 is 4.74 Å². The normalized spacial score (nSPS) is 11.2. The molecule has 2 aromatic rings. The van der Waals surface area contributed by atoms with E-state index in [0.29, 0.717) is 11.7 Å². The van der Waals surface area contributed by atoms with Crippen LogP contribution in [0.4, 0.5) is 0 Å².